The van der Waals surface area contributed by atoms with Crippen LogP contribution in [0.15, 0.2) is 48.7 Å². The molecule has 0 saturated carbocycles. The summed E-state index contributed by atoms with van der Waals surface area (Å²) in [5.74, 6) is 1.57. The van der Waals surface area contributed by atoms with E-state index >= 15 is 0 Å². The van der Waals surface area contributed by atoms with Crippen LogP contribution in [0, 0.1) is 0 Å². The van der Waals surface area contributed by atoms with Crippen LogP contribution < -0.4 is 10.2 Å². The minimum Gasteiger partial charge on any atom is -0.372 e. The third kappa shape index (κ3) is 4.28. The summed E-state index contributed by atoms with van der Waals surface area (Å²) in [6, 6.07) is 10.7. The van der Waals surface area contributed by atoms with Crippen molar-refractivity contribution >= 4 is 17.5 Å². The summed E-state index contributed by atoms with van der Waals surface area (Å²) in [6.07, 6.45) is 7.38. The van der Waals surface area contributed by atoms with E-state index in [1.807, 2.05) is 12.3 Å². The van der Waals surface area contributed by atoms with Crippen LogP contribution in [0.2, 0.25) is 0 Å². The number of fused-ring (bicyclic) bond motifs is 7. The van der Waals surface area contributed by atoms with Gasteiger partial charge in [-0.25, -0.2) is 4.98 Å². The zero-order valence-corrected chi connectivity index (χ0v) is 16.0. The molecule has 0 spiro atoms. The van der Waals surface area contributed by atoms with Crippen LogP contribution in [-0.2, 0) is 11.3 Å². The number of ether oxygens (including phenoxy) is 1. The second-order valence-corrected chi connectivity index (χ2v) is 7.33. The first kappa shape index (κ1) is 17.9. The highest BCUT2D eigenvalue weighted by Gasteiger charge is 2.32. The molecule has 6 bridgehead atoms. The van der Waals surface area contributed by atoms with E-state index in [4.69, 9.17) is 9.72 Å². The Hall–Kier alpha value is -2.44. The van der Waals surface area contributed by atoms with Gasteiger partial charge in [0.2, 0.25) is 5.95 Å². The zero-order chi connectivity index (χ0) is 18.6. The van der Waals surface area contributed by atoms with Crippen LogP contribution in [0.25, 0.3) is 0 Å². The van der Waals surface area contributed by atoms with Gasteiger partial charge in [0.15, 0.2) is 0 Å². The number of nitrogens with zero attached hydrogens (tertiary/aromatic N) is 4. The van der Waals surface area contributed by atoms with Crippen molar-refractivity contribution < 1.29 is 4.74 Å². The van der Waals surface area contributed by atoms with E-state index in [-0.39, 0.29) is 6.10 Å². The first-order valence-electron chi connectivity index (χ1n) is 9.60. The number of hydrogen-bond acceptors (Lipinski definition) is 6. The molecule has 0 aliphatic carbocycles. The minimum absolute atomic E-state index is 0.226. The number of rotatable bonds is 0. The van der Waals surface area contributed by atoms with Crippen molar-refractivity contribution in [3.05, 3.63) is 54.2 Å². The summed E-state index contributed by atoms with van der Waals surface area (Å²) >= 11 is 0. The van der Waals surface area contributed by atoms with E-state index in [1.165, 1.54) is 5.56 Å². The van der Waals surface area contributed by atoms with E-state index in [9.17, 15) is 0 Å². The van der Waals surface area contributed by atoms with Crippen molar-refractivity contribution in [2.45, 2.75) is 32.0 Å². The Labute approximate surface area is 160 Å². The molecule has 0 unspecified atom stereocenters. The van der Waals surface area contributed by atoms with Gasteiger partial charge in [0.05, 0.1) is 18.8 Å². The molecule has 6 heteroatoms. The normalized spacial score (nSPS) is 24.9. The number of nitrogens with one attached hydrogen (secondary N) is 1. The van der Waals surface area contributed by atoms with Crippen LogP contribution >= 0.6 is 0 Å². The Bertz CT molecular complexity index is 809. The monoisotopic (exact) mass is 365 g/mol. The van der Waals surface area contributed by atoms with Gasteiger partial charge in [0.1, 0.15) is 5.82 Å². The molecule has 1 N–H and O–H groups in total. The quantitative estimate of drug-likeness (QED) is 0.724. The van der Waals surface area contributed by atoms with E-state index in [1.54, 1.807) is 0 Å². The largest absolute Gasteiger partial charge is 0.372 e. The molecular weight excluding hydrogens is 338 g/mol. The average Bonchev–Trinajstić information content (AvgIpc) is 3.02. The van der Waals surface area contributed by atoms with Crippen molar-refractivity contribution in [3.63, 3.8) is 0 Å². The third-order valence-corrected chi connectivity index (χ3v) is 5.25. The van der Waals surface area contributed by atoms with Crippen molar-refractivity contribution in [2.75, 3.05) is 37.0 Å². The zero-order valence-electron chi connectivity index (χ0n) is 16.0. The maximum atomic E-state index is 6.11. The lowest BCUT2D eigenvalue weighted by Crippen LogP contribution is -2.34. The molecule has 0 radical (unpaired) electrons. The van der Waals surface area contributed by atoms with Gasteiger partial charge >= 0.3 is 0 Å². The average molecular weight is 365 g/mol. The topological polar surface area (TPSA) is 53.5 Å². The van der Waals surface area contributed by atoms with E-state index in [2.05, 4.69) is 70.5 Å². The Morgan fingerprint density at radius 2 is 2.15 bits per heavy atom. The first-order valence-corrected chi connectivity index (χ1v) is 9.60. The van der Waals surface area contributed by atoms with Gasteiger partial charge in [-0.2, -0.15) is 4.98 Å². The second-order valence-electron chi connectivity index (χ2n) is 7.33. The third-order valence-electron chi connectivity index (χ3n) is 5.25. The lowest BCUT2D eigenvalue weighted by molar-refractivity contribution is 0.0717. The van der Waals surface area contributed by atoms with Crippen LogP contribution in [0.3, 0.4) is 0 Å². The number of hydrogen-bond donors (Lipinski definition) is 1. The van der Waals surface area contributed by atoms with Gasteiger partial charge < -0.3 is 15.0 Å². The fraction of sp³-hybridized carbons (Fsp3) is 0.429. The lowest BCUT2D eigenvalue weighted by Gasteiger charge is -2.25. The van der Waals surface area contributed by atoms with Gasteiger partial charge in [0.25, 0.3) is 0 Å². The highest BCUT2D eigenvalue weighted by molar-refractivity contribution is 5.56. The Kier molecular flexibility index (Phi) is 5.36. The van der Waals surface area contributed by atoms with E-state index in [0.717, 1.165) is 37.6 Å². The molecule has 2 aliphatic heterocycles. The molecule has 3 heterocycles. The van der Waals surface area contributed by atoms with Crippen LogP contribution in [-0.4, -0.2) is 53.8 Å². The maximum Gasteiger partial charge on any atom is 0.229 e. The van der Waals surface area contributed by atoms with Crippen LogP contribution in [0.5, 0.6) is 0 Å². The molecule has 1 aromatic carbocycles. The molecule has 2 aromatic rings. The highest BCUT2D eigenvalue weighted by Crippen LogP contribution is 2.27. The van der Waals surface area contributed by atoms with Gasteiger partial charge in [0, 0.05) is 31.5 Å². The lowest BCUT2D eigenvalue weighted by atomic mass is 10.2. The second kappa shape index (κ2) is 8.06. The van der Waals surface area contributed by atoms with Gasteiger partial charge in [-0.1, -0.05) is 24.3 Å². The Morgan fingerprint density at radius 3 is 3.07 bits per heavy atom. The fourth-order valence-electron chi connectivity index (χ4n) is 3.78. The summed E-state index contributed by atoms with van der Waals surface area (Å²) in [5.41, 5.74) is 2.26. The molecule has 6 nitrogen and oxygen atoms in total. The van der Waals surface area contributed by atoms with E-state index in [0.29, 0.717) is 18.6 Å². The van der Waals surface area contributed by atoms with Gasteiger partial charge in [-0.3, -0.25) is 4.90 Å². The standard InChI is InChI=1S/C21H27N5O/c1-16-19-9-12-26(16)20-8-10-22-21(24-20)23-18-7-5-6-17(14-18)15-25(2)11-3-4-13-27-19/h3-8,10,14,16,19H,9,11-13,15H2,1-2H3,(H,22,23,24)/b4-3+/t16-,19+/m0/s1. The molecule has 142 valence electrons. The van der Waals surface area contributed by atoms with Crippen molar-refractivity contribution in [2.24, 2.45) is 0 Å². The Morgan fingerprint density at radius 1 is 1.22 bits per heavy atom. The van der Waals surface area contributed by atoms with Crippen LogP contribution in [0.4, 0.5) is 17.5 Å². The molecule has 1 saturated heterocycles. The summed E-state index contributed by atoms with van der Waals surface area (Å²) < 4.78 is 6.11. The number of anilines is 3. The smallest absolute Gasteiger partial charge is 0.229 e. The molecule has 4 rings (SSSR count). The van der Waals surface area contributed by atoms with Gasteiger partial charge in [-0.05, 0) is 44.2 Å². The van der Waals surface area contributed by atoms with Gasteiger partial charge in [-0.15, -0.1) is 0 Å². The highest BCUT2D eigenvalue weighted by atomic mass is 16.5. The number of benzene rings is 1. The summed E-state index contributed by atoms with van der Waals surface area (Å²) in [6.45, 7) is 5.60. The molecule has 2 atom stereocenters. The number of aromatic nitrogens is 2. The molecule has 1 aromatic heterocycles. The summed E-state index contributed by atoms with van der Waals surface area (Å²) in [7, 11) is 2.13. The summed E-state index contributed by atoms with van der Waals surface area (Å²) in [5, 5.41) is 3.35. The number of likely N-dealkylation sites (N-methyl/N-ethyl adjacent to an activating group) is 1. The maximum absolute atomic E-state index is 6.11. The Balaban J connectivity index is 1.63. The van der Waals surface area contributed by atoms with E-state index < -0.39 is 0 Å². The minimum atomic E-state index is 0.226. The molecule has 1 fully saturated rings. The van der Waals surface area contributed by atoms with Crippen molar-refractivity contribution in [1.29, 1.82) is 0 Å². The predicted octanol–water partition coefficient (Wildman–Crippen LogP) is 3.21. The molecular formula is C21H27N5O. The first-order chi connectivity index (χ1) is 13.2. The predicted molar refractivity (Wildman–Crippen MR) is 108 cm³/mol. The van der Waals surface area contributed by atoms with Crippen LogP contribution in [0.1, 0.15) is 18.9 Å². The summed E-state index contributed by atoms with van der Waals surface area (Å²) in [4.78, 5) is 13.7. The molecule has 2 aliphatic rings. The van der Waals surface area contributed by atoms with Crippen molar-refractivity contribution in [3.8, 4) is 0 Å². The molecule has 0 amide bonds. The fourth-order valence-corrected chi connectivity index (χ4v) is 3.78. The molecule has 27 heavy (non-hydrogen) atoms. The SMILES string of the molecule is C[C@H]1[C@H]2CCN1c1ccnc(n1)Nc1cccc(c1)CN(C)C/C=C/CO2. The van der Waals surface area contributed by atoms with Crippen molar-refractivity contribution in [1.82, 2.24) is 14.9 Å².